The lowest BCUT2D eigenvalue weighted by atomic mass is 10.2. The monoisotopic (exact) mass is 255 g/mol. The molecule has 0 radical (unpaired) electrons. The zero-order valence-corrected chi connectivity index (χ0v) is 11.4. The summed E-state index contributed by atoms with van der Waals surface area (Å²) in [7, 11) is -2.82. The Hall–Kier alpha value is 0.200. The average molecular weight is 256 g/mol. The van der Waals surface area contributed by atoms with Crippen LogP contribution in [0.15, 0.2) is 0 Å². The second-order valence-corrected chi connectivity index (χ2v) is 6.79. The van der Waals surface area contributed by atoms with Crippen LogP contribution in [0.25, 0.3) is 0 Å². The Morgan fingerprint density at radius 3 is 2.13 bits per heavy atom. The van der Waals surface area contributed by atoms with Crippen molar-refractivity contribution in [3.8, 4) is 0 Å². The zero-order valence-electron chi connectivity index (χ0n) is 9.87. The van der Waals surface area contributed by atoms with Gasteiger partial charge < -0.3 is 4.90 Å². The Kier molecular flexibility index (Phi) is 7.57. The van der Waals surface area contributed by atoms with E-state index >= 15 is 0 Å². The minimum Gasteiger partial charge on any atom is -0.301 e. The minimum atomic E-state index is -2.82. The fourth-order valence-electron chi connectivity index (χ4n) is 1.42. The van der Waals surface area contributed by atoms with Crippen molar-refractivity contribution < 1.29 is 8.42 Å². The van der Waals surface area contributed by atoms with Gasteiger partial charge in [0.25, 0.3) is 0 Å². The Bertz CT molecular complexity index is 252. The molecule has 5 heteroatoms. The molecule has 0 saturated carbocycles. The SMILES string of the molecule is CC(C)N(CCCCl)CCCS(C)(=O)=O. The molecule has 0 aliphatic heterocycles. The van der Waals surface area contributed by atoms with Crippen LogP contribution in [0.5, 0.6) is 0 Å². The number of hydrogen-bond acceptors (Lipinski definition) is 3. The van der Waals surface area contributed by atoms with Crippen molar-refractivity contribution in [1.29, 1.82) is 0 Å². The largest absolute Gasteiger partial charge is 0.301 e. The summed E-state index contributed by atoms with van der Waals surface area (Å²) in [6, 6.07) is 0.452. The van der Waals surface area contributed by atoms with Gasteiger partial charge in [0.1, 0.15) is 9.84 Å². The molecule has 0 saturated heterocycles. The molecule has 0 aromatic carbocycles. The van der Waals surface area contributed by atoms with Crippen LogP contribution < -0.4 is 0 Å². The van der Waals surface area contributed by atoms with E-state index in [0.717, 1.165) is 19.5 Å². The van der Waals surface area contributed by atoms with E-state index in [-0.39, 0.29) is 5.75 Å². The maximum atomic E-state index is 11.0. The summed E-state index contributed by atoms with van der Waals surface area (Å²) in [5.74, 6) is 0.937. The van der Waals surface area contributed by atoms with Gasteiger partial charge in [-0.05, 0) is 39.8 Å². The van der Waals surface area contributed by atoms with Crippen LogP contribution in [0, 0.1) is 0 Å². The van der Waals surface area contributed by atoms with E-state index in [0.29, 0.717) is 18.3 Å². The first-order valence-electron chi connectivity index (χ1n) is 5.34. The van der Waals surface area contributed by atoms with Gasteiger partial charge in [-0.3, -0.25) is 0 Å². The van der Waals surface area contributed by atoms with Crippen molar-refractivity contribution in [3.05, 3.63) is 0 Å². The van der Waals surface area contributed by atoms with Gasteiger partial charge in [-0.15, -0.1) is 11.6 Å². The molecule has 0 N–H and O–H groups in total. The molecule has 0 aliphatic carbocycles. The highest BCUT2D eigenvalue weighted by atomic mass is 35.5. The van der Waals surface area contributed by atoms with Crippen LogP contribution in [-0.2, 0) is 9.84 Å². The first kappa shape index (κ1) is 15.2. The molecule has 0 unspecified atom stereocenters. The smallest absolute Gasteiger partial charge is 0.147 e. The maximum absolute atomic E-state index is 11.0. The van der Waals surface area contributed by atoms with E-state index in [1.165, 1.54) is 6.26 Å². The Balaban J connectivity index is 3.86. The van der Waals surface area contributed by atoms with Crippen molar-refractivity contribution in [2.45, 2.75) is 32.7 Å². The van der Waals surface area contributed by atoms with Crippen molar-refractivity contribution in [3.63, 3.8) is 0 Å². The summed E-state index contributed by atoms with van der Waals surface area (Å²) in [5.41, 5.74) is 0. The zero-order chi connectivity index (χ0) is 11.9. The van der Waals surface area contributed by atoms with Gasteiger partial charge in [0.2, 0.25) is 0 Å². The molecule has 0 bridgehead atoms. The van der Waals surface area contributed by atoms with E-state index in [2.05, 4.69) is 18.7 Å². The molecule has 0 aliphatic rings. The molecule has 3 nitrogen and oxygen atoms in total. The molecular weight excluding hydrogens is 234 g/mol. The summed E-state index contributed by atoms with van der Waals surface area (Å²) in [5, 5.41) is 0. The van der Waals surface area contributed by atoms with Gasteiger partial charge in [-0.1, -0.05) is 0 Å². The van der Waals surface area contributed by atoms with Crippen molar-refractivity contribution in [2.75, 3.05) is 31.0 Å². The predicted molar refractivity (Wildman–Crippen MR) is 66.4 cm³/mol. The third kappa shape index (κ3) is 9.15. The summed E-state index contributed by atoms with van der Waals surface area (Å²) in [6.07, 6.45) is 2.95. The molecule has 0 fully saturated rings. The van der Waals surface area contributed by atoms with Gasteiger partial charge >= 0.3 is 0 Å². The van der Waals surface area contributed by atoms with Crippen molar-refractivity contribution >= 4 is 21.4 Å². The van der Waals surface area contributed by atoms with Crippen LogP contribution in [0.3, 0.4) is 0 Å². The van der Waals surface area contributed by atoms with Crippen molar-refractivity contribution in [2.24, 2.45) is 0 Å². The standard InChI is InChI=1S/C10H22ClNO2S/c1-10(2)12(7-4-6-11)8-5-9-15(3,13)14/h10H,4-9H2,1-3H3. The fourth-order valence-corrected chi connectivity index (χ4v) is 2.19. The van der Waals surface area contributed by atoms with E-state index < -0.39 is 9.84 Å². The predicted octanol–water partition coefficient (Wildman–Crippen LogP) is 1.76. The first-order chi connectivity index (χ1) is 6.87. The lowest BCUT2D eigenvalue weighted by Gasteiger charge is -2.25. The normalized spacial score (nSPS) is 12.7. The topological polar surface area (TPSA) is 37.4 Å². The highest BCUT2D eigenvalue weighted by Crippen LogP contribution is 2.03. The van der Waals surface area contributed by atoms with Gasteiger partial charge in [0.15, 0.2) is 0 Å². The molecular formula is C10H22ClNO2S. The number of nitrogens with zero attached hydrogens (tertiary/aromatic N) is 1. The number of sulfone groups is 1. The quantitative estimate of drug-likeness (QED) is 0.621. The van der Waals surface area contributed by atoms with Gasteiger partial charge in [0.05, 0.1) is 5.75 Å². The van der Waals surface area contributed by atoms with Crippen LogP contribution in [-0.4, -0.2) is 50.3 Å². The number of alkyl halides is 1. The second kappa shape index (κ2) is 7.47. The Morgan fingerprint density at radius 2 is 1.73 bits per heavy atom. The number of rotatable bonds is 8. The van der Waals surface area contributed by atoms with E-state index in [9.17, 15) is 8.42 Å². The molecule has 0 heterocycles. The van der Waals surface area contributed by atoms with Gasteiger partial charge in [0, 0.05) is 18.2 Å². The number of hydrogen-bond donors (Lipinski definition) is 0. The third-order valence-corrected chi connectivity index (χ3v) is 3.57. The Labute approximate surface area is 98.7 Å². The first-order valence-corrected chi connectivity index (χ1v) is 7.94. The molecule has 0 aromatic heterocycles. The lowest BCUT2D eigenvalue weighted by Crippen LogP contribution is -2.33. The number of halogens is 1. The maximum Gasteiger partial charge on any atom is 0.147 e. The molecule has 0 spiro atoms. The summed E-state index contributed by atoms with van der Waals surface area (Å²) in [6.45, 7) is 6.02. The lowest BCUT2D eigenvalue weighted by molar-refractivity contribution is 0.223. The van der Waals surface area contributed by atoms with Gasteiger partial charge in [-0.25, -0.2) is 8.42 Å². The summed E-state index contributed by atoms with van der Waals surface area (Å²) in [4.78, 5) is 2.27. The van der Waals surface area contributed by atoms with Crippen LogP contribution in [0.1, 0.15) is 26.7 Å². The second-order valence-electron chi connectivity index (χ2n) is 4.16. The van der Waals surface area contributed by atoms with Crippen LogP contribution in [0.4, 0.5) is 0 Å². The van der Waals surface area contributed by atoms with Crippen molar-refractivity contribution in [1.82, 2.24) is 4.90 Å². The summed E-state index contributed by atoms with van der Waals surface area (Å²) >= 11 is 5.63. The van der Waals surface area contributed by atoms with E-state index in [4.69, 9.17) is 11.6 Å². The molecule has 15 heavy (non-hydrogen) atoms. The molecule has 92 valence electrons. The van der Waals surface area contributed by atoms with Gasteiger partial charge in [-0.2, -0.15) is 0 Å². The highest BCUT2D eigenvalue weighted by molar-refractivity contribution is 7.90. The van der Waals surface area contributed by atoms with E-state index in [1.807, 2.05) is 0 Å². The van der Waals surface area contributed by atoms with Crippen LogP contribution >= 0.6 is 11.6 Å². The molecule has 0 aromatic rings. The van der Waals surface area contributed by atoms with Crippen LogP contribution in [0.2, 0.25) is 0 Å². The van der Waals surface area contributed by atoms with E-state index in [1.54, 1.807) is 0 Å². The molecule has 0 rings (SSSR count). The fraction of sp³-hybridized carbons (Fsp3) is 1.00. The summed E-state index contributed by atoms with van der Waals surface area (Å²) < 4.78 is 21.9. The average Bonchev–Trinajstić information content (AvgIpc) is 2.08. The molecule has 0 amide bonds. The Morgan fingerprint density at radius 1 is 1.20 bits per heavy atom. The molecule has 0 atom stereocenters. The minimum absolute atomic E-state index is 0.275. The third-order valence-electron chi connectivity index (χ3n) is 2.27. The highest BCUT2D eigenvalue weighted by Gasteiger charge is 2.10.